The molecular formula is C25H19Cl2N3O4S. The van der Waals surface area contributed by atoms with Crippen molar-refractivity contribution in [1.82, 2.24) is 4.57 Å². The van der Waals surface area contributed by atoms with Gasteiger partial charge in [0.1, 0.15) is 11.8 Å². The van der Waals surface area contributed by atoms with Crippen LogP contribution < -0.4 is 19.6 Å². The quantitative estimate of drug-likeness (QED) is 0.451. The first-order valence-corrected chi connectivity index (χ1v) is 12.1. The summed E-state index contributed by atoms with van der Waals surface area (Å²) in [5, 5.41) is 9.49. The molecule has 10 heteroatoms. The van der Waals surface area contributed by atoms with Crippen molar-refractivity contribution >= 4 is 46.6 Å². The molecular weight excluding hydrogens is 509 g/mol. The van der Waals surface area contributed by atoms with Crippen molar-refractivity contribution in [3.63, 3.8) is 0 Å². The molecule has 35 heavy (non-hydrogen) atoms. The van der Waals surface area contributed by atoms with Gasteiger partial charge in [0.05, 0.1) is 34.0 Å². The molecule has 1 atom stereocenters. The van der Waals surface area contributed by atoms with E-state index < -0.39 is 12.0 Å². The number of nitrogens with zero attached hydrogens (tertiary/aromatic N) is 3. The van der Waals surface area contributed by atoms with Gasteiger partial charge in [-0.15, -0.1) is 0 Å². The Bertz CT molecular complexity index is 1550. The number of carbonyl (C=O) groups is 1. The number of halogens is 2. The molecule has 0 amide bonds. The Kier molecular flexibility index (Phi) is 7.41. The van der Waals surface area contributed by atoms with E-state index in [1.165, 1.54) is 29.1 Å². The summed E-state index contributed by atoms with van der Waals surface area (Å²) in [4.78, 5) is 31.6. The molecule has 2 heterocycles. The van der Waals surface area contributed by atoms with Gasteiger partial charge < -0.3 is 9.47 Å². The first-order chi connectivity index (χ1) is 16.9. The normalized spacial score (nSPS) is 15.3. The summed E-state index contributed by atoms with van der Waals surface area (Å²) >= 11 is 13.7. The van der Waals surface area contributed by atoms with E-state index in [1.807, 2.05) is 43.3 Å². The summed E-state index contributed by atoms with van der Waals surface area (Å²) in [6, 6.07) is 13.6. The maximum Gasteiger partial charge on any atom is 0.338 e. The largest absolute Gasteiger partial charge is 0.477 e. The number of aromatic nitrogens is 1. The van der Waals surface area contributed by atoms with E-state index in [0.717, 1.165) is 5.56 Å². The first-order valence-electron chi connectivity index (χ1n) is 10.6. The third-order valence-corrected chi connectivity index (χ3v) is 6.85. The maximum atomic E-state index is 13.7. The molecule has 0 unspecified atom stereocenters. The Morgan fingerprint density at radius 1 is 1.29 bits per heavy atom. The molecule has 1 aromatic heterocycles. The van der Waals surface area contributed by atoms with Crippen molar-refractivity contribution in [1.29, 1.82) is 5.26 Å². The van der Waals surface area contributed by atoms with E-state index >= 15 is 0 Å². The summed E-state index contributed by atoms with van der Waals surface area (Å²) in [5.74, 6) is -0.296. The zero-order chi connectivity index (χ0) is 25.1. The van der Waals surface area contributed by atoms with Gasteiger partial charge in [-0.3, -0.25) is 9.36 Å². The van der Waals surface area contributed by atoms with Crippen LogP contribution >= 0.6 is 34.5 Å². The second-order valence-corrected chi connectivity index (χ2v) is 9.30. The molecule has 0 spiro atoms. The maximum absolute atomic E-state index is 13.7. The molecule has 1 aliphatic rings. The van der Waals surface area contributed by atoms with Gasteiger partial charge in [0.25, 0.3) is 5.56 Å². The van der Waals surface area contributed by atoms with Crippen molar-refractivity contribution in [2.75, 3.05) is 13.7 Å². The van der Waals surface area contributed by atoms with Crippen LogP contribution in [0.5, 0.6) is 5.75 Å². The van der Waals surface area contributed by atoms with Crippen LogP contribution in [0.3, 0.4) is 0 Å². The molecule has 4 rings (SSSR count). The summed E-state index contributed by atoms with van der Waals surface area (Å²) < 4.78 is 12.4. The fourth-order valence-corrected chi connectivity index (χ4v) is 5.47. The third kappa shape index (κ3) is 4.76. The number of nitriles is 1. The van der Waals surface area contributed by atoms with Gasteiger partial charge in [0.2, 0.25) is 0 Å². The second kappa shape index (κ2) is 10.5. The molecule has 0 radical (unpaired) electrons. The predicted octanol–water partition coefficient (Wildman–Crippen LogP) is 4.01. The standard InChI is InChI=1S/C25H19Cl2N3O4S/c1-3-18-20(24(32)33-2)21(14-7-5-4-6-8-14)30-23(31)19(35-25(30)29-18)12-15-11-16(26)13-17(27)22(15)34-10-9-28/h4-8,11-13,21H,3,10H2,1-2H3/b19-12+/t21-/m1/s1. The predicted molar refractivity (Wildman–Crippen MR) is 134 cm³/mol. The van der Waals surface area contributed by atoms with Crippen molar-refractivity contribution in [2.24, 2.45) is 4.99 Å². The topological polar surface area (TPSA) is 93.7 Å². The highest BCUT2D eigenvalue weighted by molar-refractivity contribution is 7.07. The van der Waals surface area contributed by atoms with Crippen molar-refractivity contribution in [3.8, 4) is 11.8 Å². The Morgan fingerprint density at radius 2 is 2.03 bits per heavy atom. The van der Waals surface area contributed by atoms with Crippen LogP contribution in [-0.2, 0) is 9.53 Å². The molecule has 0 bridgehead atoms. The smallest absolute Gasteiger partial charge is 0.338 e. The van der Waals surface area contributed by atoms with Gasteiger partial charge in [-0.2, -0.15) is 5.26 Å². The number of methoxy groups -OCH3 is 1. The molecule has 2 aromatic carbocycles. The van der Waals surface area contributed by atoms with Gasteiger partial charge in [-0.1, -0.05) is 71.8 Å². The monoisotopic (exact) mass is 527 g/mol. The van der Waals surface area contributed by atoms with E-state index in [9.17, 15) is 9.59 Å². The van der Waals surface area contributed by atoms with Gasteiger partial charge in [0, 0.05) is 10.6 Å². The number of esters is 1. The molecule has 0 saturated carbocycles. The minimum absolute atomic E-state index is 0.218. The van der Waals surface area contributed by atoms with Crippen molar-refractivity contribution in [2.45, 2.75) is 19.4 Å². The molecule has 3 aromatic rings. The van der Waals surface area contributed by atoms with Gasteiger partial charge >= 0.3 is 5.97 Å². The number of thiazole rings is 1. The molecule has 0 N–H and O–H groups in total. The lowest BCUT2D eigenvalue weighted by Gasteiger charge is -2.25. The van der Waals surface area contributed by atoms with E-state index in [2.05, 4.69) is 4.99 Å². The lowest BCUT2D eigenvalue weighted by Crippen LogP contribution is -2.40. The number of allylic oxidation sites excluding steroid dienone is 1. The first kappa shape index (κ1) is 24.7. The summed E-state index contributed by atoms with van der Waals surface area (Å²) in [6.07, 6.45) is 2.08. The number of carbonyl (C=O) groups excluding carboxylic acids is 1. The third-order valence-electron chi connectivity index (χ3n) is 5.37. The summed E-state index contributed by atoms with van der Waals surface area (Å²) in [6.45, 7) is 1.67. The van der Waals surface area contributed by atoms with Crippen molar-refractivity contribution < 1.29 is 14.3 Å². The minimum Gasteiger partial charge on any atom is -0.477 e. The molecule has 7 nitrogen and oxygen atoms in total. The zero-order valence-electron chi connectivity index (χ0n) is 18.7. The number of hydrogen-bond acceptors (Lipinski definition) is 7. The molecule has 0 saturated heterocycles. The van der Waals surface area contributed by atoms with Gasteiger partial charge in [-0.05, 0) is 30.2 Å². The highest BCUT2D eigenvalue weighted by atomic mass is 35.5. The van der Waals surface area contributed by atoms with Gasteiger partial charge in [0.15, 0.2) is 11.4 Å². The number of hydrogen-bond donors (Lipinski definition) is 0. The Labute approximate surface area is 214 Å². The molecule has 178 valence electrons. The second-order valence-electron chi connectivity index (χ2n) is 7.45. The summed E-state index contributed by atoms with van der Waals surface area (Å²) in [5.41, 5.74) is 1.74. The van der Waals surface area contributed by atoms with Crippen LogP contribution in [0, 0.1) is 11.3 Å². The number of rotatable bonds is 6. The number of fused-ring (bicyclic) bond motifs is 1. The van der Waals surface area contributed by atoms with E-state index in [4.69, 9.17) is 37.9 Å². The molecule has 0 aliphatic carbocycles. The minimum atomic E-state index is -0.700. The van der Waals surface area contributed by atoms with Crippen LogP contribution in [0.4, 0.5) is 0 Å². The van der Waals surface area contributed by atoms with Crippen LogP contribution in [0.25, 0.3) is 6.08 Å². The summed E-state index contributed by atoms with van der Waals surface area (Å²) in [7, 11) is 1.31. The Balaban J connectivity index is 2.00. The van der Waals surface area contributed by atoms with E-state index in [1.54, 1.807) is 12.1 Å². The lowest BCUT2D eigenvalue weighted by molar-refractivity contribution is -0.136. The SMILES string of the molecule is CCC1=C(C(=O)OC)[C@@H](c2ccccc2)n2c(s/c(=C/c3cc(Cl)cc(Cl)c3OCC#N)c2=O)=N1. The average molecular weight is 528 g/mol. The van der Waals surface area contributed by atoms with Crippen LogP contribution in [0.2, 0.25) is 10.0 Å². The van der Waals surface area contributed by atoms with Gasteiger partial charge in [-0.25, -0.2) is 9.79 Å². The fraction of sp³-hybridized carbons (Fsp3) is 0.200. The van der Waals surface area contributed by atoms with Crippen LogP contribution in [0.15, 0.2) is 63.5 Å². The fourth-order valence-electron chi connectivity index (χ4n) is 3.90. The lowest BCUT2D eigenvalue weighted by atomic mass is 9.95. The van der Waals surface area contributed by atoms with Crippen molar-refractivity contribution in [3.05, 3.63) is 94.6 Å². The van der Waals surface area contributed by atoms with Crippen LogP contribution in [0.1, 0.15) is 30.5 Å². The number of benzene rings is 2. The Hall–Kier alpha value is -3.38. The van der Waals surface area contributed by atoms with Crippen LogP contribution in [-0.4, -0.2) is 24.3 Å². The average Bonchev–Trinajstić information content (AvgIpc) is 3.16. The highest BCUT2D eigenvalue weighted by Gasteiger charge is 2.33. The van der Waals surface area contributed by atoms with E-state index in [-0.39, 0.29) is 22.9 Å². The molecule has 0 fully saturated rings. The Morgan fingerprint density at radius 3 is 2.69 bits per heavy atom. The van der Waals surface area contributed by atoms with E-state index in [0.29, 0.717) is 37.6 Å². The number of ether oxygens (including phenoxy) is 2. The zero-order valence-corrected chi connectivity index (χ0v) is 21.1. The molecule has 1 aliphatic heterocycles. The highest BCUT2D eigenvalue weighted by Crippen LogP contribution is 2.34.